The summed E-state index contributed by atoms with van der Waals surface area (Å²) >= 11 is 0. The zero-order chi connectivity index (χ0) is 14.1. The highest BCUT2D eigenvalue weighted by molar-refractivity contribution is 5.75. The molecule has 0 aromatic heterocycles. The summed E-state index contributed by atoms with van der Waals surface area (Å²) in [6, 6.07) is 10.5. The van der Waals surface area contributed by atoms with Crippen molar-refractivity contribution in [1.82, 2.24) is 0 Å². The van der Waals surface area contributed by atoms with Gasteiger partial charge in [0.15, 0.2) is 0 Å². The molecule has 1 aliphatic rings. The molecule has 0 radical (unpaired) electrons. The average Bonchev–Trinajstić information content (AvgIpc) is 2.61. The highest BCUT2D eigenvalue weighted by Gasteiger charge is 2.55. The normalized spacial score (nSPS) is 29.3. The van der Waals surface area contributed by atoms with E-state index < -0.39 is 11.4 Å². The van der Waals surface area contributed by atoms with Crippen molar-refractivity contribution in [2.75, 3.05) is 0 Å². The molecule has 2 heteroatoms. The maximum Gasteiger partial charge on any atom is 0.309 e. The van der Waals surface area contributed by atoms with Crippen molar-refractivity contribution < 1.29 is 9.90 Å². The molecule has 19 heavy (non-hydrogen) atoms. The van der Waals surface area contributed by atoms with E-state index in [1.54, 1.807) is 0 Å². The van der Waals surface area contributed by atoms with E-state index in [-0.39, 0.29) is 5.41 Å². The van der Waals surface area contributed by atoms with Crippen LogP contribution in [0.5, 0.6) is 0 Å². The summed E-state index contributed by atoms with van der Waals surface area (Å²) in [5, 5.41) is 9.51. The number of rotatable bonds is 4. The van der Waals surface area contributed by atoms with Gasteiger partial charge in [0.25, 0.3) is 0 Å². The SMILES string of the molecule is CC1(C(=O)O)CCC(CCc2ccccc2)C1(C)C. The van der Waals surface area contributed by atoms with Crippen molar-refractivity contribution in [2.45, 2.75) is 46.5 Å². The number of aliphatic carboxylic acids is 1. The highest BCUT2D eigenvalue weighted by Crippen LogP contribution is 2.57. The molecule has 104 valence electrons. The fourth-order valence-electron chi connectivity index (χ4n) is 3.47. The molecule has 0 heterocycles. The van der Waals surface area contributed by atoms with Crippen LogP contribution in [-0.4, -0.2) is 11.1 Å². The largest absolute Gasteiger partial charge is 0.481 e. The van der Waals surface area contributed by atoms with Crippen molar-refractivity contribution in [3.8, 4) is 0 Å². The van der Waals surface area contributed by atoms with E-state index in [1.165, 1.54) is 5.56 Å². The Bertz CT molecular complexity index is 450. The topological polar surface area (TPSA) is 37.3 Å². The van der Waals surface area contributed by atoms with Crippen LogP contribution in [-0.2, 0) is 11.2 Å². The van der Waals surface area contributed by atoms with Crippen LogP contribution >= 0.6 is 0 Å². The lowest BCUT2D eigenvalue weighted by Crippen LogP contribution is -2.40. The molecular formula is C17H24O2. The number of hydrogen-bond acceptors (Lipinski definition) is 1. The second-order valence-electron chi connectivity index (χ2n) is 6.62. The van der Waals surface area contributed by atoms with Gasteiger partial charge in [-0.15, -0.1) is 0 Å². The van der Waals surface area contributed by atoms with Gasteiger partial charge in [0.1, 0.15) is 0 Å². The van der Waals surface area contributed by atoms with Crippen molar-refractivity contribution >= 4 is 5.97 Å². The first-order valence-electron chi connectivity index (χ1n) is 7.15. The molecule has 0 spiro atoms. The smallest absolute Gasteiger partial charge is 0.309 e. The van der Waals surface area contributed by atoms with Crippen LogP contribution in [0.15, 0.2) is 30.3 Å². The minimum Gasteiger partial charge on any atom is -0.481 e. The Morgan fingerprint density at radius 2 is 1.89 bits per heavy atom. The van der Waals surface area contributed by atoms with E-state index in [4.69, 9.17) is 0 Å². The van der Waals surface area contributed by atoms with Gasteiger partial charge in [0.2, 0.25) is 0 Å². The Morgan fingerprint density at radius 3 is 2.42 bits per heavy atom. The van der Waals surface area contributed by atoms with E-state index in [1.807, 2.05) is 13.0 Å². The molecule has 1 N–H and O–H groups in total. The average molecular weight is 260 g/mol. The van der Waals surface area contributed by atoms with E-state index in [0.717, 1.165) is 25.7 Å². The Kier molecular flexibility index (Phi) is 3.71. The maximum atomic E-state index is 11.6. The van der Waals surface area contributed by atoms with Gasteiger partial charge in [0.05, 0.1) is 5.41 Å². The summed E-state index contributed by atoms with van der Waals surface area (Å²) in [4.78, 5) is 11.6. The van der Waals surface area contributed by atoms with Crippen molar-refractivity contribution in [3.05, 3.63) is 35.9 Å². The summed E-state index contributed by atoms with van der Waals surface area (Å²) in [5.74, 6) is -0.145. The second kappa shape index (κ2) is 4.99. The number of carbonyl (C=O) groups is 1. The molecule has 0 aliphatic heterocycles. The summed E-state index contributed by atoms with van der Waals surface area (Å²) in [6.07, 6.45) is 3.96. The van der Waals surface area contributed by atoms with Crippen LogP contribution in [0, 0.1) is 16.7 Å². The lowest BCUT2D eigenvalue weighted by molar-refractivity contribution is -0.154. The molecule has 2 unspecified atom stereocenters. The van der Waals surface area contributed by atoms with Crippen molar-refractivity contribution in [1.29, 1.82) is 0 Å². The first-order chi connectivity index (χ1) is 8.88. The molecule has 1 aliphatic carbocycles. The third-order valence-electron chi connectivity index (χ3n) is 5.53. The molecule has 1 aromatic rings. The molecule has 1 fully saturated rings. The van der Waals surface area contributed by atoms with Crippen LogP contribution < -0.4 is 0 Å². The summed E-state index contributed by atoms with van der Waals surface area (Å²) in [7, 11) is 0. The molecule has 2 atom stereocenters. The molecule has 2 nitrogen and oxygen atoms in total. The zero-order valence-corrected chi connectivity index (χ0v) is 12.1. The van der Waals surface area contributed by atoms with Crippen LogP contribution in [0.2, 0.25) is 0 Å². The van der Waals surface area contributed by atoms with E-state index in [9.17, 15) is 9.90 Å². The molecular weight excluding hydrogens is 236 g/mol. The number of aryl methyl sites for hydroxylation is 1. The lowest BCUT2D eigenvalue weighted by Gasteiger charge is -2.38. The molecule has 1 saturated carbocycles. The lowest BCUT2D eigenvalue weighted by atomic mass is 9.65. The quantitative estimate of drug-likeness (QED) is 0.883. The Morgan fingerprint density at radius 1 is 1.26 bits per heavy atom. The molecule has 2 rings (SSSR count). The van der Waals surface area contributed by atoms with Gasteiger partial charge in [-0.1, -0.05) is 44.2 Å². The minimum absolute atomic E-state index is 0.131. The van der Waals surface area contributed by atoms with Crippen LogP contribution in [0.4, 0.5) is 0 Å². The fourth-order valence-corrected chi connectivity index (χ4v) is 3.47. The first kappa shape index (κ1) is 14.1. The zero-order valence-electron chi connectivity index (χ0n) is 12.1. The highest BCUT2D eigenvalue weighted by atomic mass is 16.4. The van der Waals surface area contributed by atoms with Crippen LogP contribution in [0.3, 0.4) is 0 Å². The van der Waals surface area contributed by atoms with Crippen molar-refractivity contribution in [2.24, 2.45) is 16.7 Å². The number of hydrogen-bond donors (Lipinski definition) is 1. The molecule has 0 amide bonds. The Balaban J connectivity index is 2.05. The third-order valence-corrected chi connectivity index (χ3v) is 5.53. The summed E-state index contributed by atoms with van der Waals surface area (Å²) < 4.78 is 0. The third kappa shape index (κ3) is 2.41. The number of carboxylic acids is 1. The molecule has 0 bridgehead atoms. The van der Waals surface area contributed by atoms with E-state index in [0.29, 0.717) is 5.92 Å². The minimum atomic E-state index is -0.639. The summed E-state index contributed by atoms with van der Waals surface area (Å²) in [5.41, 5.74) is 0.643. The number of benzene rings is 1. The van der Waals surface area contributed by atoms with Gasteiger partial charge >= 0.3 is 5.97 Å². The standard InChI is InChI=1S/C17H24O2/c1-16(2)14(11-12-17(16,3)15(18)19)10-9-13-7-5-4-6-8-13/h4-8,14H,9-12H2,1-3H3,(H,18,19). The van der Waals surface area contributed by atoms with Gasteiger partial charge in [-0.25, -0.2) is 0 Å². The fraction of sp³-hybridized carbons (Fsp3) is 0.588. The Labute approximate surface area is 115 Å². The number of carboxylic acid groups (broad SMARTS) is 1. The monoisotopic (exact) mass is 260 g/mol. The van der Waals surface area contributed by atoms with E-state index >= 15 is 0 Å². The van der Waals surface area contributed by atoms with Gasteiger partial charge in [0, 0.05) is 0 Å². The van der Waals surface area contributed by atoms with Gasteiger partial charge in [-0.3, -0.25) is 4.79 Å². The Hall–Kier alpha value is -1.31. The second-order valence-corrected chi connectivity index (χ2v) is 6.62. The van der Waals surface area contributed by atoms with Crippen LogP contribution in [0.1, 0.15) is 45.6 Å². The molecule has 0 saturated heterocycles. The summed E-state index contributed by atoms with van der Waals surface area (Å²) in [6.45, 7) is 6.17. The maximum absolute atomic E-state index is 11.6. The van der Waals surface area contributed by atoms with Gasteiger partial charge in [-0.05, 0) is 49.5 Å². The van der Waals surface area contributed by atoms with Crippen molar-refractivity contribution in [3.63, 3.8) is 0 Å². The van der Waals surface area contributed by atoms with E-state index in [2.05, 4.69) is 38.1 Å². The predicted octanol–water partition coefficient (Wildman–Crippen LogP) is 4.15. The first-order valence-corrected chi connectivity index (χ1v) is 7.15. The molecule has 1 aromatic carbocycles. The van der Waals surface area contributed by atoms with Gasteiger partial charge < -0.3 is 5.11 Å². The predicted molar refractivity (Wildman–Crippen MR) is 77.0 cm³/mol. The van der Waals surface area contributed by atoms with Gasteiger partial charge in [-0.2, -0.15) is 0 Å². The van der Waals surface area contributed by atoms with Crippen LogP contribution in [0.25, 0.3) is 0 Å².